The highest BCUT2D eigenvalue weighted by molar-refractivity contribution is 7.85. The lowest BCUT2D eigenvalue weighted by Gasteiger charge is -2.23. The van der Waals surface area contributed by atoms with Crippen molar-refractivity contribution in [2.45, 2.75) is 49.8 Å². The molecule has 102 valence electrons. The van der Waals surface area contributed by atoms with Crippen LogP contribution in [0, 0.1) is 5.82 Å². The maximum Gasteiger partial charge on any atom is 0.139 e. The van der Waals surface area contributed by atoms with Crippen molar-refractivity contribution in [1.82, 2.24) is 5.32 Å². The number of hydrogen-bond donors (Lipinski definition) is 1. The molecule has 0 aliphatic heterocycles. The Morgan fingerprint density at radius 2 is 2.00 bits per heavy atom. The van der Waals surface area contributed by atoms with E-state index >= 15 is 0 Å². The molecule has 2 nitrogen and oxygen atoms in total. The van der Waals surface area contributed by atoms with Crippen molar-refractivity contribution in [2.24, 2.45) is 0 Å². The Kier molecular flexibility index (Phi) is 6.50. The van der Waals surface area contributed by atoms with Crippen molar-refractivity contribution in [3.05, 3.63) is 30.1 Å². The van der Waals surface area contributed by atoms with E-state index in [4.69, 9.17) is 0 Å². The van der Waals surface area contributed by atoms with Gasteiger partial charge in [0.15, 0.2) is 0 Å². The SMILES string of the molecule is CCCNC(CC)C(C)S(=O)c1ccccc1F. The van der Waals surface area contributed by atoms with Crippen LogP contribution >= 0.6 is 0 Å². The topological polar surface area (TPSA) is 29.1 Å². The molecule has 3 unspecified atom stereocenters. The lowest BCUT2D eigenvalue weighted by Crippen LogP contribution is -2.40. The van der Waals surface area contributed by atoms with Gasteiger partial charge in [-0.1, -0.05) is 26.0 Å². The fourth-order valence-electron chi connectivity index (χ4n) is 1.93. The minimum absolute atomic E-state index is 0.0987. The number of halogens is 1. The first kappa shape index (κ1) is 15.3. The first-order valence-corrected chi connectivity index (χ1v) is 7.71. The van der Waals surface area contributed by atoms with Crippen LogP contribution in [-0.2, 0) is 10.8 Å². The van der Waals surface area contributed by atoms with E-state index in [1.165, 1.54) is 6.07 Å². The van der Waals surface area contributed by atoms with Gasteiger partial charge in [0, 0.05) is 6.04 Å². The predicted molar refractivity (Wildman–Crippen MR) is 74.6 cm³/mol. The molecule has 1 aromatic rings. The van der Waals surface area contributed by atoms with Gasteiger partial charge in [-0.2, -0.15) is 0 Å². The summed E-state index contributed by atoms with van der Waals surface area (Å²) in [5.41, 5.74) is 0. The molecule has 0 aromatic heterocycles. The zero-order chi connectivity index (χ0) is 13.5. The van der Waals surface area contributed by atoms with E-state index in [1.807, 2.05) is 6.92 Å². The van der Waals surface area contributed by atoms with Gasteiger partial charge < -0.3 is 5.32 Å². The van der Waals surface area contributed by atoms with Crippen LogP contribution in [0.2, 0.25) is 0 Å². The van der Waals surface area contributed by atoms with Gasteiger partial charge in [-0.25, -0.2) is 4.39 Å². The molecular formula is C14H22FNOS. The molecular weight excluding hydrogens is 249 g/mol. The van der Waals surface area contributed by atoms with E-state index in [1.54, 1.807) is 18.2 Å². The van der Waals surface area contributed by atoms with Crippen molar-refractivity contribution in [1.29, 1.82) is 0 Å². The third-order valence-corrected chi connectivity index (χ3v) is 4.82. The highest BCUT2D eigenvalue weighted by atomic mass is 32.2. The van der Waals surface area contributed by atoms with Crippen LogP contribution in [0.3, 0.4) is 0 Å². The Morgan fingerprint density at radius 3 is 2.56 bits per heavy atom. The van der Waals surface area contributed by atoms with Gasteiger partial charge in [-0.3, -0.25) is 4.21 Å². The molecule has 0 saturated carbocycles. The smallest absolute Gasteiger partial charge is 0.139 e. The van der Waals surface area contributed by atoms with Crippen molar-refractivity contribution in [2.75, 3.05) is 6.54 Å². The quantitative estimate of drug-likeness (QED) is 0.825. The van der Waals surface area contributed by atoms with Crippen LogP contribution in [0.1, 0.15) is 33.6 Å². The van der Waals surface area contributed by atoms with Gasteiger partial charge in [0.2, 0.25) is 0 Å². The zero-order valence-electron chi connectivity index (χ0n) is 11.3. The molecule has 0 aliphatic rings. The third kappa shape index (κ3) is 3.89. The molecule has 0 spiro atoms. The van der Waals surface area contributed by atoms with Gasteiger partial charge in [0.1, 0.15) is 5.82 Å². The largest absolute Gasteiger partial charge is 0.313 e. The van der Waals surface area contributed by atoms with E-state index in [9.17, 15) is 8.60 Å². The first-order valence-electron chi connectivity index (χ1n) is 6.50. The van der Waals surface area contributed by atoms with Crippen LogP contribution in [-0.4, -0.2) is 22.0 Å². The molecule has 0 heterocycles. The van der Waals surface area contributed by atoms with Gasteiger partial charge in [-0.15, -0.1) is 0 Å². The molecule has 18 heavy (non-hydrogen) atoms. The molecule has 0 radical (unpaired) electrons. The summed E-state index contributed by atoms with van der Waals surface area (Å²) in [6.45, 7) is 6.97. The summed E-state index contributed by atoms with van der Waals surface area (Å²) in [6, 6.07) is 6.47. The number of nitrogens with one attached hydrogen (secondary N) is 1. The minimum Gasteiger partial charge on any atom is -0.313 e. The van der Waals surface area contributed by atoms with Crippen LogP contribution in [0.5, 0.6) is 0 Å². The average Bonchev–Trinajstić information content (AvgIpc) is 2.39. The summed E-state index contributed by atoms with van der Waals surface area (Å²) in [5.74, 6) is -0.381. The standard InChI is InChI=1S/C14H22FNOS/c1-4-10-16-13(5-2)11(3)18(17)14-9-7-6-8-12(14)15/h6-9,11,13,16H,4-5,10H2,1-3H3. The summed E-state index contributed by atoms with van der Waals surface area (Å²) < 4.78 is 26.0. The van der Waals surface area contributed by atoms with Gasteiger partial charge in [-0.05, 0) is 38.4 Å². The Labute approximate surface area is 111 Å². The highest BCUT2D eigenvalue weighted by Gasteiger charge is 2.23. The molecule has 0 fully saturated rings. The van der Waals surface area contributed by atoms with Gasteiger partial charge >= 0.3 is 0 Å². The maximum absolute atomic E-state index is 13.6. The molecule has 3 atom stereocenters. The van der Waals surface area contributed by atoms with E-state index in [0.29, 0.717) is 4.90 Å². The lowest BCUT2D eigenvalue weighted by molar-refractivity contribution is 0.485. The monoisotopic (exact) mass is 271 g/mol. The average molecular weight is 271 g/mol. The summed E-state index contributed by atoms with van der Waals surface area (Å²) in [5, 5.41) is 3.27. The first-order chi connectivity index (χ1) is 8.61. The predicted octanol–water partition coefficient (Wildman–Crippen LogP) is 3.10. The van der Waals surface area contributed by atoms with Crippen LogP contribution in [0.15, 0.2) is 29.2 Å². The van der Waals surface area contributed by atoms with E-state index in [-0.39, 0.29) is 17.1 Å². The Bertz CT molecular complexity index is 397. The number of benzene rings is 1. The normalized spacial score (nSPS) is 16.2. The molecule has 0 aliphatic carbocycles. The van der Waals surface area contributed by atoms with Crippen molar-refractivity contribution in [3.8, 4) is 0 Å². The fraction of sp³-hybridized carbons (Fsp3) is 0.571. The zero-order valence-corrected chi connectivity index (χ0v) is 12.1. The third-order valence-electron chi connectivity index (χ3n) is 3.05. The Hall–Kier alpha value is -0.740. The van der Waals surface area contributed by atoms with Crippen molar-refractivity contribution < 1.29 is 8.60 Å². The van der Waals surface area contributed by atoms with E-state index < -0.39 is 10.8 Å². The molecule has 0 amide bonds. The van der Waals surface area contributed by atoms with Crippen LogP contribution < -0.4 is 5.32 Å². The van der Waals surface area contributed by atoms with Gasteiger partial charge in [0.25, 0.3) is 0 Å². The van der Waals surface area contributed by atoms with Crippen molar-refractivity contribution in [3.63, 3.8) is 0 Å². The number of rotatable bonds is 7. The highest BCUT2D eigenvalue weighted by Crippen LogP contribution is 2.18. The molecule has 0 bridgehead atoms. The summed E-state index contributed by atoms with van der Waals surface area (Å²) in [7, 11) is -1.31. The van der Waals surface area contributed by atoms with Crippen molar-refractivity contribution >= 4 is 10.8 Å². The van der Waals surface area contributed by atoms with E-state index in [2.05, 4.69) is 19.2 Å². The van der Waals surface area contributed by atoms with Crippen LogP contribution in [0.25, 0.3) is 0 Å². The van der Waals surface area contributed by atoms with E-state index in [0.717, 1.165) is 19.4 Å². The maximum atomic E-state index is 13.6. The van der Waals surface area contributed by atoms with Crippen LogP contribution in [0.4, 0.5) is 4.39 Å². The summed E-state index contributed by atoms with van der Waals surface area (Å²) >= 11 is 0. The molecule has 1 aromatic carbocycles. The second kappa shape index (κ2) is 7.64. The summed E-state index contributed by atoms with van der Waals surface area (Å²) in [4.78, 5) is 0.307. The minimum atomic E-state index is -1.31. The Morgan fingerprint density at radius 1 is 1.33 bits per heavy atom. The molecule has 0 saturated heterocycles. The fourth-order valence-corrected chi connectivity index (χ4v) is 3.39. The number of hydrogen-bond acceptors (Lipinski definition) is 2. The molecule has 1 rings (SSSR count). The molecule has 1 N–H and O–H groups in total. The second-order valence-corrected chi connectivity index (χ2v) is 6.18. The van der Waals surface area contributed by atoms with Gasteiger partial charge in [0.05, 0.1) is 20.9 Å². The Balaban J connectivity index is 2.79. The second-order valence-electron chi connectivity index (χ2n) is 4.40. The molecule has 4 heteroatoms. The lowest BCUT2D eigenvalue weighted by atomic mass is 10.1. The summed E-state index contributed by atoms with van der Waals surface area (Å²) in [6.07, 6.45) is 1.93.